The molecule has 2 saturated heterocycles. The first-order valence-electron chi connectivity index (χ1n) is 7.02. The highest BCUT2D eigenvalue weighted by Crippen LogP contribution is 2.44. The van der Waals surface area contributed by atoms with Gasteiger partial charge in [-0.3, -0.25) is 0 Å². The number of nitriles is 1. The maximum Gasteiger partial charge on any atom is 0.0717 e. The van der Waals surface area contributed by atoms with Gasteiger partial charge in [-0.1, -0.05) is 30.3 Å². The molecule has 2 bridgehead atoms. The Balaban J connectivity index is 1.53. The maximum atomic E-state index is 8.93. The summed E-state index contributed by atoms with van der Waals surface area (Å²) in [6, 6.07) is 12.5. The lowest BCUT2D eigenvalue weighted by molar-refractivity contribution is 0.0420. The van der Waals surface area contributed by atoms with Crippen molar-refractivity contribution in [2.75, 3.05) is 6.61 Å². The van der Waals surface area contributed by atoms with Gasteiger partial charge in [-0.15, -0.1) is 0 Å². The van der Waals surface area contributed by atoms with E-state index in [-0.39, 0.29) is 0 Å². The van der Waals surface area contributed by atoms with Crippen molar-refractivity contribution >= 4 is 0 Å². The van der Waals surface area contributed by atoms with Crippen LogP contribution in [0.2, 0.25) is 0 Å². The second kappa shape index (κ2) is 5.73. The molecule has 0 aliphatic carbocycles. The number of hydrogen-bond donors (Lipinski definition) is 0. The van der Waals surface area contributed by atoms with Crippen LogP contribution in [0.3, 0.4) is 0 Å². The first-order valence-corrected chi connectivity index (χ1v) is 7.02. The number of ether oxygens (including phenoxy) is 2. The third-order valence-electron chi connectivity index (χ3n) is 4.34. The van der Waals surface area contributed by atoms with Crippen molar-refractivity contribution in [1.82, 2.24) is 0 Å². The smallest absolute Gasteiger partial charge is 0.0717 e. The standard InChI is InChI=1S/C16H19NO2/c17-9-8-13-14(16-7-6-15(13)19-16)11-18-10-12-4-2-1-3-5-12/h1-5,13-16H,6-8,10-11H2/t13-,14+,15-,16+/m1/s1. The molecule has 2 fully saturated rings. The summed E-state index contributed by atoms with van der Waals surface area (Å²) in [5.74, 6) is 0.779. The average molecular weight is 257 g/mol. The highest BCUT2D eigenvalue weighted by molar-refractivity contribution is 5.13. The van der Waals surface area contributed by atoms with E-state index in [2.05, 4.69) is 18.2 Å². The molecule has 1 aromatic rings. The zero-order valence-electron chi connectivity index (χ0n) is 11.0. The van der Waals surface area contributed by atoms with E-state index in [1.54, 1.807) is 0 Å². The lowest BCUT2D eigenvalue weighted by Crippen LogP contribution is -2.30. The predicted octanol–water partition coefficient (Wildman–Crippen LogP) is 2.91. The zero-order valence-corrected chi connectivity index (χ0v) is 11.0. The van der Waals surface area contributed by atoms with E-state index in [9.17, 15) is 0 Å². The topological polar surface area (TPSA) is 42.2 Å². The molecule has 3 nitrogen and oxygen atoms in total. The van der Waals surface area contributed by atoms with Crippen LogP contribution in [0, 0.1) is 23.2 Å². The van der Waals surface area contributed by atoms with Crippen molar-refractivity contribution in [3.63, 3.8) is 0 Å². The van der Waals surface area contributed by atoms with Crippen LogP contribution < -0.4 is 0 Å². The fourth-order valence-electron chi connectivity index (χ4n) is 3.38. The minimum atomic E-state index is 0.301. The Morgan fingerprint density at radius 2 is 1.89 bits per heavy atom. The molecule has 2 aliphatic heterocycles. The lowest BCUT2D eigenvalue weighted by Gasteiger charge is -2.25. The largest absolute Gasteiger partial charge is 0.376 e. The Bertz CT molecular complexity index is 454. The summed E-state index contributed by atoms with van der Waals surface area (Å²) in [6.45, 7) is 1.36. The van der Waals surface area contributed by atoms with E-state index in [1.807, 2.05) is 18.2 Å². The predicted molar refractivity (Wildman–Crippen MR) is 71.2 cm³/mol. The Hall–Kier alpha value is -1.37. The van der Waals surface area contributed by atoms with Gasteiger partial charge in [-0.2, -0.15) is 5.26 Å². The van der Waals surface area contributed by atoms with Crippen LogP contribution in [0.15, 0.2) is 30.3 Å². The molecular weight excluding hydrogens is 238 g/mol. The van der Waals surface area contributed by atoms with E-state index >= 15 is 0 Å². The first-order chi connectivity index (χ1) is 9.38. The molecule has 0 amide bonds. The second-order valence-corrected chi connectivity index (χ2v) is 5.48. The molecule has 19 heavy (non-hydrogen) atoms. The average Bonchev–Trinajstić information content (AvgIpc) is 3.03. The van der Waals surface area contributed by atoms with E-state index in [1.165, 1.54) is 5.56 Å². The summed E-state index contributed by atoms with van der Waals surface area (Å²) < 4.78 is 11.8. The van der Waals surface area contributed by atoms with Crippen LogP contribution in [-0.4, -0.2) is 18.8 Å². The van der Waals surface area contributed by atoms with Crippen LogP contribution in [-0.2, 0) is 16.1 Å². The van der Waals surface area contributed by atoms with Crippen molar-refractivity contribution in [1.29, 1.82) is 5.26 Å². The van der Waals surface area contributed by atoms with Gasteiger partial charge in [0.1, 0.15) is 0 Å². The van der Waals surface area contributed by atoms with E-state index in [4.69, 9.17) is 14.7 Å². The molecule has 3 rings (SSSR count). The lowest BCUT2D eigenvalue weighted by atomic mass is 9.78. The SMILES string of the molecule is N#CC[C@@H]1[C@H](COCc2ccccc2)[C@@H]2CC[C@H]1O2. The van der Waals surface area contributed by atoms with Crippen molar-refractivity contribution in [2.45, 2.75) is 38.1 Å². The Morgan fingerprint density at radius 1 is 1.16 bits per heavy atom. The van der Waals surface area contributed by atoms with Gasteiger partial charge in [-0.05, 0) is 18.4 Å². The molecule has 0 aromatic heterocycles. The fourth-order valence-corrected chi connectivity index (χ4v) is 3.38. The van der Waals surface area contributed by atoms with Gasteiger partial charge < -0.3 is 9.47 Å². The van der Waals surface area contributed by atoms with Crippen molar-refractivity contribution < 1.29 is 9.47 Å². The second-order valence-electron chi connectivity index (χ2n) is 5.48. The molecule has 4 atom stereocenters. The van der Waals surface area contributed by atoms with Gasteiger partial charge in [0.2, 0.25) is 0 Å². The molecule has 3 heteroatoms. The van der Waals surface area contributed by atoms with Crippen molar-refractivity contribution in [2.24, 2.45) is 11.8 Å². The highest BCUT2D eigenvalue weighted by atomic mass is 16.5. The van der Waals surface area contributed by atoms with Crippen LogP contribution in [0.1, 0.15) is 24.8 Å². The molecule has 100 valence electrons. The molecule has 0 saturated carbocycles. The Kier molecular flexibility index (Phi) is 3.82. The number of fused-ring (bicyclic) bond motifs is 2. The fraction of sp³-hybridized carbons (Fsp3) is 0.562. The van der Waals surface area contributed by atoms with Gasteiger partial charge in [0.15, 0.2) is 0 Å². The minimum Gasteiger partial charge on any atom is -0.376 e. The van der Waals surface area contributed by atoms with Crippen LogP contribution in [0.25, 0.3) is 0 Å². The van der Waals surface area contributed by atoms with E-state index < -0.39 is 0 Å². The molecular formula is C16H19NO2. The van der Waals surface area contributed by atoms with Crippen LogP contribution in [0.5, 0.6) is 0 Å². The van der Waals surface area contributed by atoms with Gasteiger partial charge in [-0.25, -0.2) is 0 Å². The number of nitrogens with zero attached hydrogens (tertiary/aromatic N) is 1. The van der Waals surface area contributed by atoms with Crippen molar-refractivity contribution in [3.8, 4) is 6.07 Å². The zero-order chi connectivity index (χ0) is 13.1. The summed E-state index contributed by atoms with van der Waals surface area (Å²) in [5.41, 5.74) is 1.20. The van der Waals surface area contributed by atoms with E-state index in [0.29, 0.717) is 43.7 Å². The molecule has 0 N–H and O–H groups in total. The van der Waals surface area contributed by atoms with Crippen LogP contribution >= 0.6 is 0 Å². The summed E-state index contributed by atoms with van der Waals surface area (Å²) in [5, 5.41) is 8.93. The number of rotatable bonds is 5. The number of hydrogen-bond acceptors (Lipinski definition) is 3. The number of benzene rings is 1. The normalized spacial score (nSPS) is 32.4. The monoisotopic (exact) mass is 257 g/mol. The molecule has 0 spiro atoms. The summed E-state index contributed by atoms with van der Waals surface area (Å²) in [6.07, 6.45) is 3.47. The molecule has 1 aromatic carbocycles. The van der Waals surface area contributed by atoms with Gasteiger partial charge in [0, 0.05) is 18.3 Å². The quantitative estimate of drug-likeness (QED) is 0.814. The molecule has 0 radical (unpaired) electrons. The van der Waals surface area contributed by atoms with Gasteiger partial charge in [0.05, 0.1) is 31.5 Å². The van der Waals surface area contributed by atoms with Crippen LogP contribution in [0.4, 0.5) is 0 Å². The highest BCUT2D eigenvalue weighted by Gasteiger charge is 2.48. The Labute approximate surface area is 114 Å². The molecule has 2 aliphatic rings. The van der Waals surface area contributed by atoms with Gasteiger partial charge in [0.25, 0.3) is 0 Å². The third-order valence-corrected chi connectivity index (χ3v) is 4.34. The maximum absolute atomic E-state index is 8.93. The Morgan fingerprint density at radius 3 is 2.63 bits per heavy atom. The summed E-state index contributed by atoms with van der Waals surface area (Å²) in [4.78, 5) is 0. The third kappa shape index (κ3) is 2.65. The first kappa shape index (κ1) is 12.7. The van der Waals surface area contributed by atoms with Crippen molar-refractivity contribution in [3.05, 3.63) is 35.9 Å². The molecule has 2 heterocycles. The summed E-state index contributed by atoms with van der Waals surface area (Å²) >= 11 is 0. The minimum absolute atomic E-state index is 0.301. The van der Waals surface area contributed by atoms with E-state index in [0.717, 1.165) is 12.8 Å². The van der Waals surface area contributed by atoms with Gasteiger partial charge >= 0.3 is 0 Å². The summed E-state index contributed by atoms with van der Waals surface area (Å²) in [7, 11) is 0. The molecule has 0 unspecified atom stereocenters.